The van der Waals surface area contributed by atoms with E-state index < -0.39 is 5.97 Å². The van der Waals surface area contributed by atoms with E-state index in [1.807, 2.05) is 29.7 Å². The minimum absolute atomic E-state index is 0.0144. The summed E-state index contributed by atoms with van der Waals surface area (Å²) in [5.41, 5.74) is 2.12. The number of carboxylic acid groups (broad SMARTS) is 1. The average molecular weight is 370 g/mol. The Kier molecular flexibility index (Phi) is 5.41. The molecule has 0 aliphatic heterocycles. The summed E-state index contributed by atoms with van der Waals surface area (Å²) in [4.78, 5) is 10.7. The lowest BCUT2D eigenvalue weighted by molar-refractivity contribution is -0.133. The third-order valence-electron chi connectivity index (χ3n) is 2.92. The summed E-state index contributed by atoms with van der Waals surface area (Å²) in [7, 11) is 0. The number of halogens is 1. The molecule has 0 aliphatic carbocycles. The van der Waals surface area contributed by atoms with E-state index in [1.54, 1.807) is 0 Å². The fourth-order valence-corrected chi connectivity index (χ4v) is 2.96. The highest BCUT2D eigenvalue weighted by Gasteiger charge is 2.15. The Balaban J connectivity index is 2.38. The first-order chi connectivity index (χ1) is 10.0. The van der Waals surface area contributed by atoms with Gasteiger partial charge < -0.3 is 9.67 Å². The van der Waals surface area contributed by atoms with Crippen molar-refractivity contribution in [2.24, 2.45) is 0 Å². The molecule has 0 bridgehead atoms. The molecule has 0 radical (unpaired) electrons. The van der Waals surface area contributed by atoms with Crippen molar-refractivity contribution in [2.75, 3.05) is 5.75 Å². The van der Waals surface area contributed by atoms with Crippen LogP contribution in [0.4, 0.5) is 0 Å². The van der Waals surface area contributed by atoms with E-state index >= 15 is 0 Å². The molecular weight excluding hydrogens is 354 g/mol. The van der Waals surface area contributed by atoms with Gasteiger partial charge in [0, 0.05) is 16.6 Å². The number of nitrogens with zero attached hydrogens (tertiary/aromatic N) is 3. The molecule has 0 spiro atoms. The zero-order valence-corrected chi connectivity index (χ0v) is 14.2. The van der Waals surface area contributed by atoms with E-state index in [9.17, 15) is 4.79 Å². The van der Waals surface area contributed by atoms with Crippen LogP contribution in [-0.4, -0.2) is 31.6 Å². The highest BCUT2D eigenvalue weighted by molar-refractivity contribution is 9.10. The maximum atomic E-state index is 10.7. The maximum Gasteiger partial charge on any atom is 0.313 e. The first-order valence-electron chi connectivity index (χ1n) is 6.57. The van der Waals surface area contributed by atoms with Gasteiger partial charge in [-0.2, -0.15) is 0 Å². The van der Waals surface area contributed by atoms with Crippen molar-refractivity contribution in [3.8, 4) is 11.4 Å². The number of aromatic nitrogens is 3. The number of carbonyl (C=O) groups is 1. The van der Waals surface area contributed by atoms with Crippen molar-refractivity contribution in [3.63, 3.8) is 0 Å². The zero-order chi connectivity index (χ0) is 15.4. The number of aryl methyl sites for hydroxylation is 1. The van der Waals surface area contributed by atoms with Gasteiger partial charge in [-0.3, -0.25) is 4.79 Å². The van der Waals surface area contributed by atoms with Crippen molar-refractivity contribution >= 4 is 33.7 Å². The SMILES string of the molecule is CCCn1c(SCC(=O)O)nnc1-c1ccc(C)c(Br)c1. The maximum absolute atomic E-state index is 10.7. The molecule has 0 unspecified atom stereocenters. The highest BCUT2D eigenvalue weighted by Crippen LogP contribution is 2.27. The molecule has 0 aliphatic rings. The van der Waals surface area contributed by atoms with E-state index in [0.717, 1.165) is 34.4 Å². The van der Waals surface area contributed by atoms with Gasteiger partial charge in [0.15, 0.2) is 11.0 Å². The Morgan fingerprint density at radius 2 is 2.19 bits per heavy atom. The summed E-state index contributed by atoms with van der Waals surface area (Å²) in [5, 5.41) is 17.8. The monoisotopic (exact) mass is 369 g/mol. The van der Waals surface area contributed by atoms with E-state index in [1.165, 1.54) is 11.8 Å². The molecule has 2 rings (SSSR count). The van der Waals surface area contributed by atoms with Crippen LogP contribution in [0.25, 0.3) is 11.4 Å². The van der Waals surface area contributed by atoms with Crippen LogP contribution in [0.2, 0.25) is 0 Å². The third kappa shape index (κ3) is 3.85. The van der Waals surface area contributed by atoms with Gasteiger partial charge >= 0.3 is 5.97 Å². The molecular formula is C14H16BrN3O2S. The van der Waals surface area contributed by atoms with Gasteiger partial charge in [-0.25, -0.2) is 0 Å². The van der Waals surface area contributed by atoms with Crippen LogP contribution in [0.5, 0.6) is 0 Å². The fraction of sp³-hybridized carbons (Fsp3) is 0.357. The van der Waals surface area contributed by atoms with Gasteiger partial charge in [0.05, 0.1) is 5.75 Å². The summed E-state index contributed by atoms with van der Waals surface area (Å²) >= 11 is 4.72. The van der Waals surface area contributed by atoms with E-state index in [-0.39, 0.29) is 5.75 Å². The summed E-state index contributed by atoms with van der Waals surface area (Å²) in [6.45, 7) is 4.86. The van der Waals surface area contributed by atoms with Gasteiger partial charge in [0.1, 0.15) is 0 Å². The topological polar surface area (TPSA) is 68.0 Å². The molecule has 0 saturated carbocycles. The Hall–Kier alpha value is -1.34. The van der Waals surface area contributed by atoms with E-state index in [2.05, 4.69) is 33.1 Å². The molecule has 21 heavy (non-hydrogen) atoms. The molecule has 0 atom stereocenters. The van der Waals surface area contributed by atoms with Crippen LogP contribution in [-0.2, 0) is 11.3 Å². The van der Waals surface area contributed by atoms with Crippen LogP contribution < -0.4 is 0 Å². The van der Waals surface area contributed by atoms with Gasteiger partial charge in [0.25, 0.3) is 0 Å². The van der Waals surface area contributed by atoms with Crippen molar-refractivity contribution in [2.45, 2.75) is 32.0 Å². The lowest BCUT2D eigenvalue weighted by atomic mass is 10.1. The van der Waals surface area contributed by atoms with Crippen molar-refractivity contribution in [1.82, 2.24) is 14.8 Å². The van der Waals surface area contributed by atoms with Crippen LogP contribution in [0.1, 0.15) is 18.9 Å². The molecule has 2 aromatic rings. The smallest absolute Gasteiger partial charge is 0.313 e. The predicted molar refractivity (Wildman–Crippen MR) is 86.5 cm³/mol. The molecule has 1 aromatic heterocycles. The average Bonchev–Trinajstić information content (AvgIpc) is 2.83. The second kappa shape index (κ2) is 7.09. The van der Waals surface area contributed by atoms with Crippen molar-refractivity contribution < 1.29 is 9.90 Å². The number of benzene rings is 1. The van der Waals surface area contributed by atoms with Crippen molar-refractivity contribution in [3.05, 3.63) is 28.2 Å². The molecule has 1 heterocycles. The second-order valence-corrected chi connectivity index (χ2v) is 6.40. The lowest BCUT2D eigenvalue weighted by Gasteiger charge is -2.09. The first-order valence-corrected chi connectivity index (χ1v) is 8.35. The summed E-state index contributed by atoms with van der Waals surface area (Å²) in [5.74, 6) is -0.101. The normalized spacial score (nSPS) is 10.8. The lowest BCUT2D eigenvalue weighted by Crippen LogP contribution is -2.04. The second-order valence-electron chi connectivity index (χ2n) is 4.60. The van der Waals surface area contributed by atoms with Crippen LogP contribution in [0.3, 0.4) is 0 Å². The van der Waals surface area contributed by atoms with Crippen LogP contribution in [0, 0.1) is 6.92 Å². The Morgan fingerprint density at radius 1 is 1.43 bits per heavy atom. The molecule has 0 fully saturated rings. The Morgan fingerprint density at radius 3 is 2.81 bits per heavy atom. The summed E-state index contributed by atoms with van der Waals surface area (Å²) in [6, 6.07) is 6.04. The van der Waals surface area contributed by atoms with Crippen LogP contribution >= 0.6 is 27.7 Å². The quantitative estimate of drug-likeness (QED) is 0.787. The highest BCUT2D eigenvalue weighted by atomic mass is 79.9. The van der Waals surface area contributed by atoms with Gasteiger partial charge in [-0.15, -0.1) is 10.2 Å². The molecule has 112 valence electrons. The molecule has 5 nitrogen and oxygen atoms in total. The van der Waals surface area contributed by atoms with Gasteiger partial charge in [-0.05, 0) is 25.0 Å². The number of hydrogen-bond acceptors (Lipinski definition) is 4. The summed E-state index contributed by atoms with van der Waals surface area (Å²) < 4.78 is 3.00. The minimum atomic E-state index is -0.856. The molecule has 7 heteroatoms. The minimum Gasteiger partial charge on any atom is -0.481 e. The molecule has 0 amide bonds. The van der Waals surface area contributed by atoms with E-state index in [4.69, 9.17) is 5.11 Å². The number of thioether (sulfide) groups is 1. The zero-order valence-electron chi connectivity index (χ0n) is 11.8. The number of rotatable bonds is 6. The third-order valence-corrected chi connectivity index (χ3v) is 4.72. The molecule has 0 saturated heterocycles. The van der Waals surface area contributed by atoms with Gasteiger partial charge in [0.2, 0.25) is 0 Å². The first kappa shape index (κ1) is 16.0. The summed E-state index contributed by atoms with van der Waals surface area (Å²) in [6.07, 6.45) is 0.929. The van der Waals surface area contributed by atoms with E-state index in [0.29, 0.717) is 5.16 Å². The van der Waals surface area contributed by atoms with Crippen LogP contribution in [0.15, 0.2) is 27.8 Å². The largest absolute Gasteiger partial charge is 0.481 e. The molecule has 1 N–H and O–H groups in total. The number of carboxylic acids is 1. The Labute approximate surface area is 135 Å². The van der Waals surface area contributed by atoms with Gasteiger partial charge in [-0.1, -0.05) is 46.7 Å². The number of hydrogen-bond donors (Lipinski definition) is 1. The molecule has 1 aromatic carbocycles. The number of aliphatic carboxylic acids is 1. The standard InChI is InChI=1S/C14H16BrN3O2S/c1-3-6-18-13(10-5-4-9(2)11(15)7-10)16-17-14(18)21-8-12(19)20/h4-5,7H,3,6,8H2,1-2H3,(H,19,20). The fourth-order valence-electron chi connectivity index (χ4n) is 1.89. The Bertz CT molecular complexity index is 658. The van der Waals surface area contributed by atoms with Crippen molar-refractivity contribution in [1.29, 1.82) is 0 Å². The predicted octanol–water partition coefficient (Wildman–Crippen LogP) is 3.60.